The van der Waals surface area contributed by atoms with Crippen LogP contribution in [0.5, 0.6) is 5.75 Å². The number of methoxy groups -OCH3 is 1. The Morgan fingerprint density at radius 3 is 2.65 bits per heavy atom. The molecule has 0 spiro atoms. The summed E-state index contributed by atoms with van der Waals surface area (Å²) in [6, 6.07) is 3.70. The van der Waals surface area contributed by atoms with Crippen LogP contribution in [0, 0.1) is 11.7 Å². The Balaban J connectivity index is 2.06. The van der Waals surface area contributed by atoms with E-state index >= 15 is 0 Å². The van der Waals surface area contributed by atoms with Gasteiger partial charge in [-0.05, 0) is 31.4 Å². The van der Waals surface area contributed by atoms with Gasteiger partial charge in [-0.3, -0.25) is 0 Å². The standard InChI is InChI=1S/C14H17F4NO/c1-20-13-8-10(15)5-6-12(13)19-11-4-2-3-9(7-11)14(16,17)18/h5-6,8-9,11,19H,2-4,7H2,1H3. The molecule has 0 radical (unpaired) electrons. The van der Waals surface area contributed by atoms with Gasteiger partial charge in [-0.25, -0.2) is 4.39 Å². The van der Waals surface area contributed by atoms with E-state index in [2.05, 4.69) is 5.32 Å². The van der Waals surface area contributed by atoms with Crippen molar-refractivity contribution in [2.75, 3.05) is 12.4 Å². The molecule has 1 aromatic rings. The topological polar surface area (TPSA) is 21.3 Å². The Bertz CT molecular complexity index is 461. The van der Waals surface area contributed by atoms with Crippen LogP contribution in [0.3, 0.4) is 0 Å². The smallest absolute Gasteiger partial charge is 0.391 e. The number of ether oxygens (including phenoxy) is 1. The van der Waals surface area contributed by atoms with Gasteiger partial charge >= 0.3 is 6.18 Å². The van der Waals surface area contributed by atoms with Gasteiger partial charge in [-0.1, -0.05) is 6.42 Å². The molecule has 1 fully saturated rings. The third-order valence-electron chi connectivity index (χ3n) is 3.66. The third kappa shape index (κ3) is 3.55. The monoisotopic (exact) mass is 291 g/mol. The summed E-state index contributed by atoms with van der Waals surface area (Å²) in [5.41, 5.74) is 0.529. The first-order chi connectivity index (χ1) is 9.40. The van der Waals surface area contributed by atoms with E-state index in [9.17, 15) is 17.6 Å². The molecule has 0 heterocycles. The molecule has 20 heavy (non-hydrogen) atoms. The quantitative estimate of drug-likeness (QED) is 0.835. The van der Waals surface area contributed by atoms with Crippen molar-refractivity contribution in [1.29, 1.82) is 0 Å². The molecule has 1 aliphatic rings. The van der Waals surface area contributed by atoms with Gasteiger partial charge in [0.2, 0.25) is 0 Å². The van der Waals surface area contributed by atoms with E-state index in [1.54, 1.807) is 0 Å². The van der Waals surface area contributed by atoms with Crippen molar-refractivity contribution < 1.29 is 22.3 Å². The summed E-state index contributed by atoms with van der Waals surface area (Å²) in [6.07, 6.45) is -2.71. The normalized spacial score (nSPS) is 23.4. The van der Waals surface area contributed by atoms with Gasteiger partial charge in [-0.15, -0.1) is 0 Å². The second kappa shape index (κ2) is 5.89. The lowest BCUT2D eigenvalue weighted by molar-refractivity contribution is -0.182. The molecule has 2 nitrogen and oxygen atoms in total. The van der Waals surface area contributed by atoms with Crippen LogP contribution in [0.15, 0.2) is 18.2 Å². The molecular formula is C14H17F4NO. The van der Waals surface area contributed by atoms with E-state index in [0.29, 0.717) is 24.3 Å². The maximum absolute atomic E-state index is 13.1. The first-order valence-corrected chi connectivity index (χ1v) is 6.57. The molecule has 2 rings (SSSR count). The summed E-state index contributed by atoms with van der Waals surface area (Å²) in [5, 5.41) is 3.04. The molecular weight excluding hydrogens is 274 g/mol. The van der Waals surface area contributed by atoms with E-state index < -0.39 is 17.9 Å². The van der Waals surface area contributed by atoms with Crippen LogP contribution in [-0.4, -0.2) is 19.3 Å². The predicted molar refractivity (Wildman–Crippen MR) is 68.4 cm³/mol. The number of alkyl halides is 3. The molecule has 2 atom stereocenters. The fourth-order valence-corrected chi connectivity index (χ4v) is 2.62. The molecule has 1 aliphatic carbocycles. The van der Waals surface area contributed by atoms with Crippen molar-refractivity contribution in [2.45, 2.75) is 37.9 Å². The van der Waals surface area contributed by atoms with Gasteiger partial charge in [0.15, 0.2) is 0 Å². The van der Waals surface area contributed by atoms with Crippen LogP contribution in [0.1, 0.15) is 25.7 Å². The highest BCUT2D eigenvalue weighted by Crippen LogP contribution is 2.39. The molecule has 6 heteroatoms. The average molecular weight is 291 g/mol. The van der Waals surface area contributed by atoms with Crippen molar-refractivity contribution in [3.05, 3.63) is 24.0 Å². The highest BCUT2D eigenvalue weighted by molar-refractivity contribution is 5.57. The first-order valence-electron chi connectivity index (χ1n) is 6.57. The molecule has 1 N–H and O–H groups in total. The van der Waals surface area contributed by atoms with Crippen LogP contribution >= 0.6 is 0 Å². The summed E-state index contributed by atoms with van der Waals surface area (Å²) in [7, 11) is 1.40. The molecule has 0 aromatic heterocycles. The predicted octanol–water partition coefficient (Wildman–Crippen LogP) is 4.37. The fraction of sp³-hybridized carbons (Fsp3) is 0.571. The SMILES string of the molecule is COc1cc(F)ccc1NC1CCCC(C(F)(F)F)C1. The Labute approximate surface area is 115 Å². The Morgan fingerprint density at radius 2 is 2.00 bits per heavy atom. The summed E-state index contributed by atoms with van der Waals surface area (Å²) in [5.74, 6) is -1.40. The van der Waals surface area contributed by atoms with Crippen LogP contribution < -0.4 is 10.1 Å². The van der Waals surface area contributed by atoms with E-state index in [1.165, 1.54) is 25.3 Å². The van der Waals surface area contributed by atoms with Crippen molar-refractivity contribution in [1.82, 2.24) is 0 Å². The van der Waals surface area contributed by atoms with Crippen LogP contribution in [0.4, 0.5) is 23.2 Å². The highest BCUT2D eigenvalue weighted by Gasteiger charge is 2.42. The summed E-state index contributed by atoms with van der Waals surface area (Å²) in [4.78, 5) is 0. The van der Waals surface area contributed by atoms with Crippen LogP contribution in [0.25, 0.3) is 0 Å². The third-order valence-corrected chi connectivity index (χ3v) is 3.66. The van der Waals surface area contributed by atoms with Crippen LogP contribution in [-0.2, 0) is 0 Å². The molecule has 1 aromatic carbocycles. The molecule has 1 saturated carbocycles. The minimum Gasteiger partial charge on any atom is -0.494 e. The maximum Gasteiger partial charge on any atom is 0.391 e. The number of anilines is 1. The van der Waals surface area contributed by atoms with Gasteiger partial charge < -0.3 is 10.1 Å². The van der Waals surface area contributed by atoms with E-state index in [-0.39, 0.29) is 18.9 Å². The van der Waals surface area contributed by atoms with Crippen molar-refractivity contribution in [2.24, 2.45) is 5.92 Å². The molecule has 0 bridgehead atoms. The zero-order chi connectivity index (χ0) is 14.8. The summed E-state index contributed by atoms with van der Waals surface area (Å²) in [6.45, 7) is 0. The van der Waals surface area contributed by atoms with Gasteiger partial charge in [0, 0.05) is 12.1 Å². The van der Waals surface area contributed by atoms with E-state index in [0.717, 1.165) is 0 Å². The molecule has 112 valence electrons. The van der Waals surface area contributed by atoms with E-state index in [1.807, 2.05) is 0 Å². The highest BCUT2D eigenvalue weighted by atomic mass is 19.4. The van der Waals surface area contributed by atoms with Crippen molar-refractivity contribution in [3.8, 4) is 5.75 Å². The summed E-state index contributed by atoms with van der Waals surface area (Å²) < 4.78 is 56.4. The van der Waals surface area contributed by atoms with Crippen molar-refractivity contribution >= 4 is 5.69 Å². The average Bonchev–Trinajstić information content (AvgIpc) is 2.40. The minimum atomic E-state index is -4.15. The number of hydrogen-bond donors (Lipinski definition) is 1. The number of benzene rings is 1. The molecule has 0 amide bonds. The van der Waals surface area contributed by atoms with Gasteiger partial charge in [0.1, 0.15) is 11.6 Å². The Morgan fingerprint density at radius 1 is 1.25 bits per heavy atom. The zero-order valence-electron chi connectivity index (χ0n) is 11.1. The second-order valence-corrected chi connectivity index (χ2v) is 5.09. The number of nitrogens with one attached hydrogen (secondary N) is 1. The lowest BCUT2D eigenvalue weighted by atomic mass is 9.85. The van der Waals surface area contributed by atoms with Gasteiger partial charge in [0.05, 0.1) is 18.7 Å². The second-order valence-electron chi connectivity index (χ2n) is 5.09. The first kappa shape index (κ1) is 14.9. The Hall–Kier alpha value is -1.46. The number of halogens is 4. The molecule has 2 unspecified atom stereocenters. The summed E-state index contributed by atoms with van der Waals surface area (Å²) >= 11 is 0. The zero-order valence-corrected chi connectivity index (χ0v) is 11.1. The number of rotatable bonds is 3. The largest absolute Gasteiger partial charge is 0.494 e. The van der Waals surface area contributed by atoms with Crippen molar-refractivity contribution in [3.63, 3.8) is 0 Å². The fourth-order valence-electron chi connectivity index (χ4n) is 2.62. The lowest BCUT2D eigenvalue weighted by Crippen LogP contribution is -2.34. The Kier molecular flexibility index (Phi) is 4.40. The van der Waals surface area contributed by atoms with Gasteiger partial charge in [-0.2, -0.15) is 13.2 Å². The molecule has 0 aliphatic heterocycles. The lowest BCUT2D eigenvalue weighted by Gasteiger charge is -2.31. The van der Waals surface area contributed by atoms with E-state index in [4.69, 9.17) is 4.74 Å². The van der Waals surface area contributed by atoms with Crippen LogP contribution in [0.2, 0.25) is 0 Å². The molecule has 0 saturated heterocycles. The number of hydrogen-bond acceptors (Lipinski definition) is 2. The minimum absolute atomic E-state index is 0.0457. The maximum atomic E-state index is 13.1. The van der Waals surface area contributed by atoms with Gasteiger partial charge in [0.25, 0.3) is 0 Å².